The van der Waals surface area contributed by atoms with Crippen molar-refractivity contribution in [1.82, 2.24) is 0 Å². The average Bonchev–Trinajstić information content (AvgIpc) is 2.41. The van der Waals surface area contributed by atoms with Crippen LogP contribution in [0.2, 0.25) is 0 Å². The maximum absolute atomic E-state index is 2.50. The van der Waals surface area contributed by atoms with Crippen molar-refractivity contribution in [2.75, 3.05) is 0 Å². The van der Waals surface area contributed by atoms with Crippen molar-refractivity contribution in [1.29, 1.82) is 0 Å². The van der Waals surface area contributed by atoms with Crippen molar-refractivity contribution in [3.8, 4) is 0 Å². The lowest BCUT2D eigenvalue weighted by Gasteiger charge is -2.29. The first-order chi connectivity index (χ1) is 9.77. The van der Waals surface area contributed by atoms with E-state index in [9.17, 15) is 0 Å². The molecule has 0 aromatic heterocycles. The third-order valence-corrected chi connectivity index (χ3v) is 5.67. The summed E-state index contributed by atoms with van der Waals surface area (Å²) in [5.41, 5.74) is 0. The van der Waals surface area contributed by atoms with Crippen LogP contribution >= 0.6 is 0 Å². The van der Waals surface area contributed by atoms with Crippen LogP contribution in [0.15, 0.2) is 0 Å². The molecular formula is C21H44. The molecule has 0 saturated carbocycles. The van der Waals surface area contributed by atoms with Crippen molar-refractivity contribution in [3.05, 3.63) is 0 Å². The normalized spacial score (nSPS) is 18.0. The van der Waals surface area contributed by atoms with Crippen LogP contribution in [-0.2, 0) is 0 Å². The van der Waals surface area contributed by atoms with E-state index in [-0.39, 0.29) is 0 Å². The van der Waals surface area contributed by atoms with Gasteiger partial charge in [0.1, 0.15) is 0 Å². The van der Waals surface area contributed by atoms with E-state index in [1.165, 1.54) is 44.9 Å². The predicted molar refractivity (Wildman–Crippen MR) is 98.7 cm³/mol. The molecule has 0 aromatic rings. The first-order valence-electron chi connectivity index (χ1n) is 9.77. The quantitative estimate of drug-likeness (QED) is 0.348. The Hall–Kier alpha value is 0. The molecule has 4 atom stereocenters. The van der Waals surface area contributed by atoms with E-state index in [1.54, 1.807) is 0 Å². The lowest BCUT2D eigenvalue weighted by molar-refractivity contribution is 0.211. The summed E-state index contributed by atoms with van der Waals surface area (Å²) in [7, 11) is 0. The van der Waals surface area contributed by atoms with E-state index < -0.39 is 0 Å². The van der Waals surface area contributed by atoms with Crippen LogP contribution in [0, 0.1) is 35.5 Å². The van der Waals surface area contributed by atoms with Crippen LogP contribution in [0.3, 0.4) is 0 Å². The molecule has 0 nitrogen and oxygen atoms in total. The first-order valence-corrected chi connectivity index (χ1v) is 9.77. The zero-order valence-corrected chi connectivity index (χ0v) is 16.4. The molecule has 0 rings (SSSR count). The van der Waals surface area contributed by atoms with Crippen LogP contribution in [0.5, 0.6) is 0 Å². The highest BCUT2D eigenvalue weighted by molar-refractivity contribution is 4.72. The Labute approximate surface area is 136 Å². The summed E-state index contributed by atoms with van der Waals surface area (Å²) in [6.07, 6.45) is 9.89. The lowest BCUT2D eigenvalue weighted by Crippen LogP contribution is -2.20. The number of rotatable bonds is 12. The summed E-state index contributed by atoms with van der Waals surface area (Å²) < 4.78 is 0. The topological polar surface area (TPSA) is 0 Å². The zero-order chi connectivity index (χ0) is 16.4. The second kappa shape index (κ2) is 11.6. The van der Waals surface area contributed by atoms with Crippen LogP contribution < -0.4 is 0 Å². The summed E-state index contributed by atoms with van der Waals surface area (Å²) in [5, 5.41) is 0. The molecular weight excluding hydrogens is 252 g/mol. The smallest absolute Gasteiger partial charge is 0.0391 e. The largest absolute Gasteiger partial charge is 0.0651 e. The minimum Gasteiger partial charge on any atom is -0.0651 e. The standard InChI is InChI=1S/C21H44/c1-9-21(14-13-17(4)5)15-19(7)20(8)18(6)12-10-11-16(2)3/h16-21H,9-15H2,1-8H3. The van der Waals surface area contributed by atoms with Gasteiger partial charge >= 0.3 is 0 Å². The van der Waals surface area contributed by atoms with Crippen molar-refractivity contribution in [2.45, 2.75) is 100 Å². The molecule has 21 heavy (non-hydrogen) atoms. The molecule has 0 aliphatic heterocycles. The molecule has 4 unspecified atom stereocenters. The third kappa shape index (κ3) is 10.4. The Kier molecular flexibility index (Phi) is 11.6. The molecule has 0 aliphatic rings. The SMILES string of the molecule is CCC(CCC(C)C)CC(C)C(C)C(C)CCCC(C)C. The molecule has 128 valence electrons. The van der Waals surface area contributed by atoms with Gasteiger partial charge in [-0.15, -0.1) is 0 Å². The maximum Gasteiger partial charge on any atom is -0.0391 e. The van der Waals surface area contributed by atoms with Crippen LogP contribution in [-0.4, -0.2) is 0 Å². The molecule has 0 N–H and O–H groups in total. The molecule has 0 saturated heterocycles. The highest BCUT2D eigenvalue weighted by Gasteiger charge is 2.21. The monoisotopic (exact) mass is 296 g/mol. The van der Waals surface area contributed by atoms with E-state index in [2.05, 4.69) is 55.4 Å². The van der Waals surface area contributed by atoms with Crippen LogP contribution in [0.25, 0.3) is 0 Å². The van der Waals surface area contributed by atoms with E-state index in [0.717, 1.165) is 35.5 Å². The summed E-state index contributed by atoms with van der Waals surface area (Å²) in [6, 6.07) is 0. The van der Waals surface area contributed by atoms with Gasteiger partial charge in [0, 0.05) is 0 Å². The minimum absolute atomic E-state index is 0.863. The Morgan fingerprint density at radius 2 is 1.19 bits per heavy atom. The molecule has 0 amide bonds. The Balaban J connectivity index is 4.12. The number of hydrogen-bond donors (Lipinski definition) is 0. The molecule has 0 bridgehead atoms. The number of hydrogen-bond acceptors (Lipinski definition) is 0. The highest BCUT2D eigenvalue weighted by atomic mass is 14.3. The minimum atomic E-state index is 0.863. The highest BCUT2D eigenvalue weighted by Crippen LogP contribution is 2.32. The van der Waals surface area contributed by atoms with Gasteiger partial charge in [-0.2, -0.15) is 0 Å². The van der Waals surface area contributed by atoms with E-state index >= 15 is 0 Å². The average molecular weight is 297 g/mol. The maximum atomic E-state index is 2.50. The molecule has 0 heterocycles. The van der Waals surface area contributed by atoms with Gasteiger partial charge in [-0.25, -0.2) is 0 Å². The Bertz CT molecular complexity index is 228. The van der Waals surface area contributed by atoms with E-state index in [0.29, 0.717) is 0 Å². The fourth-order valence-electron chi connectivity index (χ4n) is 3.47. The molecule has 0 aromatic carbocycles. The Morgan fingerprint density at radius 3 is 1.67 bits per heavy atom. The van der Waals surface area contributed by atoms with Gasteiger partial charge in [-0.05, 0) is 41.9 Å². The molecule has 0 heteroatoms. The summed E-state index contributed by atoms with van der Waals surface area (Å²) in [5.74, 6) is 5.34. The molecule has 0 radical (unpaired) electrons. The lowest BCUT2D eigenvalue weighted by atomic mass is 9.76. The second-order valence-corrected chi connectivity index (χ2v) is 8.62. The third-order valence-electron chi connectivity index (χ3n) is 5.67. The van der Waals surface area contributed by atoms with Crippen molar-refractivity contribution < 1.29 is 0 Å². The summed E-state index contributed by atoms with van der Waals surface area (Å²) >= 11 is 0. The zero-order valence-electron chi connectivity index (χ0n) is 16.4. The first kappa shape index (κ1) is 21.0. The van der Waals surface area contributed by atoms with E-state index in [1.807, 2.05) is 0 Å². The van der Waals surface area contributed by atoms with Gasteiger partial charge in [0.15, 0.2) is 0 Å². The van der Waals surface area contributed by atoms with Crippen LogP contribution in [0.4, 0.5) is 0 Å². The predicted octanol–water partition coefficient (Wildman–Crippen LogP) is 7.57. The van der Waals surface area contributed by atoms with Gasteiger partial charge in [-0.1, -0.05) is 93.9 Å². The van der Waals surface area contributed by atoms with Crippen LogP contribution in [0.1, 0.15) is 100 Å². The summed E-state index contributed by atoms with van der Waals surface area (Å²) in [4.78, 5) is 0. The molecule has 0 aliphatic carbocycles. The molecule has 0 spiro atoms. The van der Waals surface area contributed by atoms with Crippen molar-refractivity contribution >= 4 is 0 Å². The van der Waals surface area contributed by atoms with Crippen molar-refractivity contribution in [3.63, 3.8) is 0 Å². The van der Waals surface area contributed by atoms with Gasteiger partial charge in [0.2, 0.25) is 0 Å². The van der Waals surface area contributed by atoms with Crippen molar-refractivity contribution in [2.24, 2.45) is 35.5 Å². The second-order valence-electron chi connectivity index (χ2n) is 8.62. The van der Waals surface area contributed by atoms with E-state index in [4.69, 9.17) is 0 Å². The Morgan fingerprint density at radius 1 is 0.619 bits per heavy atom. The van der Waals surface area contributed by atoms with Gasteiger partial charge in [-0.3, -0.25) is 0 Å². The summed E-state index contributed by atoms with van der Waals surface area (Å²) in [6.45, 7) is 19.3. The molecule has 0 fully saturated rings. The van der Waals surface area contributed by atoms with Gasteiger partial charge in [0.05, 0.1) is 0 Å². The van der Waals surface area contributed by atoms with Gasteiger partial charge in [0.25, 0.3) is 0 Å². The fraction of sp³-hybridized carbons (Fsp3) is 1.00. The fourth-order valence-corrected chi connectivity index (χ4v) is 3.47. The van der Waals surface area contributed by atoms with Gasteiger partial charge < -0.3 is 0 Å².